The van der Waals surface area contributed by atoms with Gasteiger partial charge in [-0.2, -0.15) is 0 Å². The molecule has 0 aromatic carbocycles. The monoisotopic (exact) mass is 666 g/mol. The molecule has 0 saturated heterocycles. The summed E-state index contributed by atoms with van der Waals surface area (Å²) in [6, 6.07) is 0. The number of unbranched alkanes of at least 4 members (excludes halogenated alkanes) is 28. The van der Waals surface area contributed by atoms with Crippen LogP contribution in [0, 0.1) is 5.41 Å². The summed E-state index contributed by atoms with van der Waals surface area (Å²) in [6.45, 7) is 6.63. The Morgan fingerprint density at radius 3 is 0.936 bits per heavy atom. The topological polar surface area (TPSA) is 77.8 Å². The summed E-state index contributed by atoms with van der Waals surface area (Å²) in [5.41, 5.74) is -1.07. The summed E-state index contributed by atoms with van der Waals surface area (Å²) in [6.07, 6.45) is 38.0. The molecule has 0 atom stereocenters. The van der Waals surface area contributed by atoms with Crippen molar-refractivity contribution in [2.45, 2.75) is 233 Å². The molecule has 5 heteroatoms. The quantitative estimate of drug-likeness (QED) is 0.0390. The molecule has 0 unspecified atom stereocenters. The van der Waals surface area contributed by atoms with Crippen LogP contribution in [0.3, 0.4) is 0 Å². The Kier molecular flexibility index (Phi) is 33.1. The Hall–Kier alpha value is -0.780. The highest BCUT2D eigenvalue weighted by molar-refractivity contribution is 6.06. The van der Waals surface area contributed by atoms with Crippen molar-refractivity contribution < 1.29 is 19.8 Å². The van der Waals surface area contributed by atoms with Crippen molar-refractivity contribution >= 4 is 11.6 Å². The van der Waals surface area contributed by atoms with Crippen LogP contribution in [-0.2, 0) is 9.59 Å². The van der Waals surface area contributed by atoms with E-state index in [1.165, 1.54) is 154 Å². The normalized spacial score (nSPS) is 12.1. The summed E-state index contributed by atoms with van der Waals surface area (Å²) in [7, 11) is 1.76. The van der Waals surface area contributed by atoms with Crippen LogP contribution in [0.1, 0.15) is 226 Å². The van der Waals surface area contributed by atoms with Gasteiger partial charge < -0.3 is 10.2 Å². The lowest BCUT2D eigenvalue weighted by atomic mass is 9.77. The Morgan fingerprint density at radius 2 is 0.702 bits per heavy atom. The zero-order valence-corrected chi connectivity index (χ0v) is 32.3. The summed E-state index contributed by atoms with van der Waals surface area (Å²) < 4.78 is 0. The maximum atomic E-state index is 13.4. The van der Waals surface area contributed by atoms with Crippen molar-refractivity contribution in [3.05, 3.63) is 0 Å². The minimum absolute atomic E-state index is 0.0254. The second-order valence-electron chi connectivity index (χ2n) is 15.3. The lowest BCUT2D eigenvalue weighted by molar-refractivity contribution is -0.142. The average molecular weight is 666 g/mol. The number of ketones is 2. The van der Waals surface area contributed by atoms with Crippen LogP contribution in [0.4, 0.5) is 0 Å². The van der Waals surface area contributed by atoms with Crippen LogP contribution in [-0.4, -0.2) is 53.1 Å². The molecule has 0 bridgehead atoms. The molecule has 0 spiro atoms. The molecule has 0 aliphatic rings. The maximum Gasteiger partial charge on any atom is 0.164 e. The van der Waals surface area contributed by atoms with Gasteiger partial charge in [-0.25, -0.2) is 0 Å². The number of hydrogen-bond acceptors (Lipinski definition) is 5. The Morgan fingerprint density at radius 1 is 0.468 bits per heavy atom. The molecule has 0 aliphatic heterocycles. The number of rotatable bonds is 38. The number of likely N-dealkylation sites (N-methyl/N-ethyl adjacent to an activating group) is 1. The molecule has 0 aromatic rings. The first-order valence-electron chi connectivity index (χ1n) is 20.9. The van der Waals surface area contributed by atoms with Gasteiger partial charge in [-0.1, -0.05) is 194 Å². The van der Waals surface area contributed by atoms with E-state index in [2.05, 4.69) is 13.8 Å². The van der Waals surface area contributed by atoms with E-state index in [4.69, 9.17) is 0 Å². The molecular weight excluding hydrogens is 582 g/mol. The van der Waals surface area contributed by atoms with Crippen molar-refractivity contribution in [2.75, 3.05) is 20.1 Å². The van der Waals surface area contributed by atoms with E-state index >= 15 is 0 Å². The highest BCUT2D eigenvalue weighted by Gasteiger charge is 2.40. The standard InChI is InChI=1S/C42H83NO4/c1-5-7-9-11-13-15-17-19-21-23-25-27-29-31-33-35-39(44)42(3,38-43(4)37-41(46)47)40(45)36-34-32-30-28-26-24-22-20-18-16-14-12-10-8-6-2/h41,46-47H,5-38H2,1-4H3. The van der Waals surface area contributed by atoms with Gasteiger partial charge in [0.05, 0.1) is 5.41 Å². The van der Waals surface area contributed by atoms with Crippen molar-refractivity contribution in [1.82, 2.24) is 4.90 Å². The van der Waals surface area contributed by atoms with E-state index in [-0.39, 0.29) is 24.7 Å². The SMILES string of the molecule is CCCCCCCCCCCCCCCCCC(=O)C(C)(CN(C)CC(O)O)C(=O)CCCCCCCCCCCCCCCCC. The Bertz CT molecular complexity index is 648. The van der Waals surface area contributed by atoms with Gasteiger partial charge in [-0.3, -0.25) is 14.5 Å². The third-order valence-electron chi connectivity index (χ3n) is 10.3. The lowest BCUT2D eigenvalue weighted by Gasteiger charge is -2.32. The van der Waals surface area contributed by atoms with Gasteiger partial charge in [0.2, 0.25) is 0 Å². The van der Waals surface area contributed by atoms with E-state index in [1.54, 1.807) is 18.9 Å². The predicted octanol–water partition coefficient (Wildman–Crippen LogP) is 11.9. The summed E-state index contributed by atoms with van der Waals surface area (Å²) in [5.74, 6) is 0.0508. The van der Waals surface area contributed by atoms with Gasteiger partial charge in [-0.15, -0.1) is 0 Å². The smallest absolute Gasteiger partial charge is 0.164 e. The molecule has 2 N–H and O–H groups in total. The first-order valence-corrected chi connectivity index (χ1v) is 20.9. The molecule has 0 heterocycles. The van der Waals surface area contributed by atoms with Gasteiger partial charge >= 0.3 is 0 Å². The van der Waals surface area contributed by atoms with E-state index in [9.17, 15) is 19.8 Å². The van der Waals surface area contributed by atoms with Gasteiger partial charge in [0, 0.05) is 25.9 Å². The fourth-order valence-corrected chi connectivity index (χ4v) is 7.08. The van der Waals surface area contributed by atoms with Gasteiger partial charge in [-0.05, 0) is 26.8 Å². The van der Waals surface area contributed by atoms with Crippen LogP contribution in [0.5, 0.6) is 0 Å². The Balaban J connectivity index is 4.18. The molecule has 0 aliphatic carbocycles. The highest BCUT2D eigenvalue weighted by Crippen LogP contribution is 2.27. The number of Topliss-reactive ketones (excluding diaryl/α,β-unsaturated/α-hetero) is 2. The molecule has 0 fully saturated rings. The maximum absolute atomic E-state index is 13.4. The molecule has 0 aromatic heterocycles. The van der Waals surface area contributed by atoms with Gasteiger partial charge in [0.15, 0.2) is 6.29 Å². The number of nitrogens with zero attached hydrogens (tertiary/aromatic N) is 1. The van der Waals surface area contributed by atoms with Gasteiger partial charge in [0.25, 0.3) is 0 Å². The second-order valence-corrected chi connectivity index (χ2v) is 15.3. The molecular formula is C42H83NO4. The van der Waals surface area contributed by atoms with Crippen LogP contribution in [0.25, 0.3) is 0 Å². The number of carbonyl (C=O) groups is 2. The van der Waals surface area contributed by atoms with Crippen LogP contribution >= 0.6 is 0 Å². The Labute approximate surface area is 293 Å². The molecule has 280 valence electrons. The van der Waals surface area contributed by atoms with Crippen LogP contribution < -0.4 is 0 Å². The summed E-state index contributed by atoms with van der Waals surface area (Å²) in [5, 5.41) is 18.9. The van der Waals surface area contributed by atoms with E-state index in [1.807, 2.05) is 0 Å². The molecule has 0 saturated carbocycles. The van der Waals surface area contributed by atoms with Gasteiger partial charge in [0.1, 0.15) is 11.6 Å². The second kappa shape index (κ2) is 33.7. The van der Waals surface area contributed by atoms with Crippen molar-refractivity contribution in [2.24, 2.45) is 5.41 Å². The third kappa shape index (κ3) is 28.7. The zero-order chi connectivity index (χ0) is 34.9. The minimum Gasteiger partial charge on any atom is -0.367 e. The van der Waals surface area contributed by atoms with E-state index in [0.717, 1.165) is 38.5 Å². The first kappa shape index (κ1) is 46.2. The van der Waals surface area contributed by atoms with Crippen molar-refractivity contribution in [3.63, 3.8) is 0 Å². The molecule has 0 rings (SSSR count). The number of hydrogen-bond donors (Lipinski definition) is 2. The van der Waals surface area contributed by atoms with E-state index in [0.29, 0.717) is 12.8 Å². The van der Waals surface area contributed by atoms with E-state index < -0.39 is 11.7 Å². The number of aliphatic hydroxyl groups is 2. The summed E-state index contributed by atoms with van der Waals surface area (Å²) >= 11 is 0. The number of carbonyl (C=O) groups excluding carboxylic acids is 2. The summed E-state index contributed by atoms with van der Waals surface area (Å²) in [4.78, 5) is 28.6. The van der Waals surface area contributed by atoms with Crippen LogP contribution in [0.2, 0.25) is 0 Å². The molecule has 47 heavy (non-hydrogen) atoms. The minimum atomic E-state index is -1.47. The third-order valence-corrected chi connectivity index (χ3v) is 10.3. The number of aliphatic hydroxyl groups excluding tert-OH is 1. The highest BCUT2D eigenvalue weighted by atomic mass is 16.5. The fraction of sp³-hybridized carbons (Fsp3) is 0.952. The predicted molar refractivity (Wildman–Crippen MR) is 203 cm³/mol. The molecule has 5 nitrogen and oxygen atoms in total. The average Bonchev–Trinajstić information content (AvgIpc) is 3.03. The van der Waals surface area contributed by atoms with Crippen molar-refractivity contribution in [1.29, 1.82) is 0 Å². The fourth-order valence-electron chi connectivity index (χ4n) is 7.08. The zero-order valence-electron chi connectivity index (χ0n) is 32.3. The first-order chi connectivity index (χ1) is 22.8. The molecule has 0 amide bonds. The van der Waals surface area contributed by atoms with Crippen molar-refractivity contribution in [3.8, 4) is 0 Å². The lowest BCUT2D eigenvalue weighted by Crippen LogP contribution is -2.47. The molecule has 0 radical (unpaired) electrons. The van der Waals surface area contributed by atoms with Crippen LogP contribution in [0.15, 0.2) is 0 Å². The largest absolute Gasteiger partial charge is 0.367 e.